The zero-order chi connectivity index (χ0) is 12.4. The predicted octanol–water partition coefficient (Wildman–Crippen LogP) is 3.26. The van der Waals surface area contributed by atoms with Crippen molar-refractivity contribution in [3.8, 4) is 0 Å². The number of hydrogen-bond donors (Lipinski definition) is 2. The van der Waals surface area contributed by atoms with Crippen LogP contribution in [-0.4, -0.2) is 5.11 Å². The molecule has 2 aromatic rings. The second kappa shape index (κ2) is 4.86. The molecule has 1 aliphatic rings. The quantitative estimate of drug-likeness (QED) is 0.869. The van der Waals surface area contributed by atoms with E-state index in [0.717, 1.165) is 36.3 Å². The fraction of sp³-hybridized carbons (Fsp3) is 0.333. The number of aliphatic hydroxyl groups is 1. The van der Waals surface area contributed by atoms with Crippen molar-refractivity contribution in [2.75, 3.05) is 5.32 Å². The Bertz CT molecular complexity index is 516. The van der Waals surface area contributed by atoms with Gasteiger partial charge in [0.25, 0.3) is 0 Å². The Hall–Kier alpha value is -1.74. The molecule has 18 heavy (non-hydrogen) atoms. The van der Waals surface area contributed by atoms with Gasteiger partial charge < -0.3 is 14.8 Å². The molecule has 0 fully saturated rings. The normalized spacial score (nSPS) is 18.4. The topological polar surface area (TPSA) is 45.4 Å². The van der Waals surface area contributed by atoms with Crippen molar-refractivity contribution in [2.45, 2.75) is 31.9 Å². The summed E-state index contributed by atoms with van der Waals surface area (Å²) in [7, 11) is 0. The van der Waals surface area contributed by atoms with Crippen molar-refractivity contribution in [1.29, 1.82) is 0 Å². The minimum Gasteiger partial charge on any atom is -0.469 e. The van der Waals surface area contributed by atoms with Crippen LogP contribution in [0, 0.1) is 0 Å². The van der Waals surface area contributed by atoms with Gasteiger partial charge in [0, 0.05) is 17.7 Å². The van der Waals surface area contributed by atoms with Crippen LogP contribution in [0.3, 0.4) is 0 Å². The van der Waals surface area contributed by atoms with E-state index in [4.69, 9.17) is 9.52 Å². The maximum atomic E-state index is 9.02. The smallest absolute Gasteiger partial charge is 0.109 e. The molecular weight excluding hydrogens is 226 g/mol. The zero-order valence-corrected chi connectivity index (χ0v) is 10.2. The third-order valence-electron chi connectivity index (χ3n) is 3.53. The van der Waals surface area contributed by atoms with Crippen LogP contribution < -0.4 is 5.32 Å². The predicted molar refractivity (Wildman–Crippen MR) is 70.4 cm³/mol. The lowest BCUT2D eigenvalue weighted by Gasteiger charge is -2.23. The Morgan fingerprint density at radius 1 is 1.22 bits per heavy atom. The number of aryl methyl sites for hydroxylation is 1. The van der Waals surface area contributed by atoms with Crippen LogP contribution >= 0.6 is 0 Å². The molecule has 0 spiro atoms. The van der Waals surface area contributed by atoms with Crippen molar-refractivity contribution in [3.05, 3.63) is 53.5 Å². The van der Waals surface area contributed by atoms with Crippen LogP contribution in [-0.2, 0) is 13.0 Å². The lowest BCUT2D eigenvalue weighted by atomic mass is 9.93. The average Bonchev–Trinajstić information content (AvgIpc) is 2.89. The summed E-state index contributed by atoms with van der Waals surface area (Å²) in [5, 5.41) is 12.6. The van der Waals surface area contributed by atoms with Gasteiger partial charge in [-0.3, -0.25) is 0 Å². The molecule has 0 amide bonds. The van der Waals surface area contributed by atoms with E-state index in [-0.39, 0.29) is 6.61 Å². The summed E-state index contributed by atoms with van der Waals surface area (Å²) < 4.78 is 5.49. The highest BCUT2D eigenvalue weighted by Crippen LogP contribution is 2.33. The molecular formula is C15H17NO2. The molecule has 1 aliphatic carbocycles. The van der Waals surface area contributed by atoms with E-state index in [1.807, 2.05) is 24.3 Å². The molecule has 0 radical (unpaired) electrons. The fourth-order valence-electron chi connectivity index (χ4n) is 2.54. The number of benzene rings is 1. The highest BCUT2D eigenvalue weighted by atomic mass is 16.3. The van der Waals surface area contributed by atoms with Crippen molar-refractivity contribution in [2.24, 2.45) is 0 Å². The summed E-state index contributed by atoms with van der Waals surface area (Å²) in [5.41, 5.74) is 3.31. The highest BCUT2D eigenvalue weighted by molar-refractivity contribution is 5.47. The first-order chi connectivity index (χ1) is 8.86. The van der Waals surface area contributed by atoms with E-state index in [1.54, 1.807) is 6.26 Å². The summed E-state index contributed by atoms with van der Waals surface area (Å²) in [6.07, 6.45) is 5.12. The molecule has 3 heteroatoms. The van der Waals surface area contributed by atoms with Gasteiger partial charge in [-0.2, -0.15) is 0 Å². The van der Waals surface area contributed by atoms with Crippen LogP contribution in [0.1, 0.15) is 35.8 Å². The summed E-state index contributed by atoms with van der Waals surface area (Å²) in [6.45, 7) is 0.0928. The van der Waals surface area contributed by atoms with Gasteiger partial charge in [-0.05, 0) is 36.6 Å². The van der Waals surface area contributed by atoms with Gasteiger partial charge in [0.1, 0.15) is 5.76 Å². The summed E-state index contributed by atoms with van der Waals surface area (Å²) in [5.74, 6) is 1.12. The van der Waals surface area contributed by atoms with Crippen molar-refractivity contribution < 1.29 is 9.52 Å². The second-order valence-corrected chi connectivity index (χ2v) is 4.74. The van der Waals surface area contributed by atoms with Crippen LogP contribution in [0.15, 0.2) is 41.0 Å². The third-order valence-corrected chi connectivity index (χ3v) is 3.53. The second-order valence-electron chi connectivity index (χ2n) is 4.74. The number of fused-ring (bicyclic) bond motifs is 1. The molecule has 1 aromatic carbocycles. The number of rotatable bonds is 3. The van der Waals surface area contributed by atoms with Gasteiger partial charge in [0.15, 0.2) is 0 Å². The molecule has 2 N–H and O–H groups in total. The molecule has 3 rings (SSSR count). The Kier molecular flexibility index (Phi) is 3.07. The SMILES string of the molecule is OCc1ccc(NC2CCCc3occc32)cc1. The van der Waals surface area contributed by atoms with Gasteiger partial charge in [0.05, 0.1) is 18.9 Å². The van der Waals surface area contributed by atoms with Crippen LogP contribution in [0.5, 0.6) is 0 Å². The maximum Gasteiger partial charge on any atom is 0.109 e. The van der Waals surface area contributed by atoms with Crippen LogP contribution in [0.25, 0.3) is 0 Å². The zero-order valence-electron chi connectivity index (χ0n) is 10.2. The molecule has 0 bridgehead atoms. The molecule has 0 aliphatic heterocycles. The van der Waals surface area contributed by atoms with E-state index in [2.05, 4.69) is 11.4 Å². The van der Waals surface area contributed by atoms with Gasteiger partial charge in [-0.1, -0.05) is 12.1 Å². The Labute approximate surface area is 106 Å². The third kappa shape index (κ3) is 2.14. The lowest BCUT2D eigenvalue weighted by molar-refractivity contribution is 0.282. The van der Waals surface area contributed by atoms with Crippen LogP contribution in [0.2, 0.25) is 0 Å². The average molecular weight is 243 g/mol. The summed E-state index contributed by atoms with van der Waals surface area (Å²) in [4.78, 5) is 0. The van der Waals surface area contributed by atoms with Crippen LogP contribution in [0.4, 0.5) is 5.69 Å². The minimum atomic E-state index is 0.0928. The molecule has 1 heterocycles. The monoisotopic (exact) mass is 243 g/mol. The first-order valence-corrected chi connectivity index (χ1v) is 6.39. The Morgan fingerprint density at radius 3 is 2.83 bits per heavy atom. The number of aliphatic hydroxyl groups excluding tert-OH is 1. The Morgan fingerprint density at radius 2 is 2.06 bits per heavy atom. The summed E-state index contributed by atoms with van der Waals surface area (Å²) in [6, 6.07) is 10.3. The Balaban J connectivity index is 1.77. The van der Waals surface area contributed by atoms with Gasteiger partial charge in [-0.25, -0.2) is 0 Å². The summed E-state index contributed by atoms with van der Waals surface area (Å²) >= 11 is 0. The van der Waals surface area contributed by atoms with Gasteiger partial charge >= 0.3 is 0 Å². The molecule has 94 valence electrons. The van der Waals surface area contributed by atoms with E-state index in [0.29, 0.717) is 6.04 Å². The lowest BCUT2D eigenvalue weighted by Crippen LogP contribution is -2.15. The van der Waals surface area contributed by atoms with E-state index < -0.39 is 0 Å². The first kappa shape index (κ1) is 11.4. The molecule has 1 atom stereocenters. The maximum absolute atomic E-state index is 9.02. The number of nitrogens with one attached hydrogen (secondary N) is 1. The first-order valence-electron chi connectivity index (χ1n) is 6.39. The molecule has 1 aromatic heterocycles. The molecule has 1 unspecified atom stereocenters. The molecule has 0 saturated carbocycles. The number of furan rings is 1. The van der Waals surface area contributed by atoms with Gasteiger partial charge in [-0.15, -0.1) is 0 Å². The van der Waals surface area contributed by atoms with Crippen molar-refractivity contribution in [3.63, 3.8) is 0 Å². The highest BCUT2D eigenvalue weighted by Gasteiger charge is 2.22. The van der Waals surface area contributed by atoms with Crippen molar-refractivity contribution >= 4 is 5.69 Å². The largest absolute Gasteiger partial charge is 0.469 e. The van der Waals surface area contributed by atoms with E-state index in [9.17, 15) is 0 Å². The standard InChI is InChI=1S/C15H17NO2/c17-10-11-4-6-12(7-5-11)16-14-2-1-3-15-13(14)8-9-18-15/h4-9,14,16-17H,1-3,10H2. The molecule has 0 saturated heterocycles. The minimum absolute atomic E-state index is 0.0928. The van der Waals surface area contributed by atoms with Crippen molar-refractivity contribution in [1.82, 2.24) is 0 Å². The van der Waals surface area contributed by atoms with Gasteiger partial charge in [0.2, 0.25) is 0 Å². The van der Waals surface area contributed by atoms with E-state index >= 15 is 0 Å². The number of hydrogen-bond acceptors (Lipinski definition) is 3. The fourth-order valence-corrected chi connectivity index (χ4v) is 2.54. The number of anilines is 1. The molecule has 3 nitrogen and oxygen atoms in total. The van der Waals surface area contributed by atoms with E-state index in [1.165, 1.54) is 5.56 Å².